The zero-order valence-corrected chi connectivity index (χ0v) is 18.9. The van der Waals surface area contributed by atoms with Crippen LogP contribution in [0.5, 0.6) is 0 Å². The number of nitrogens with one attached hydrogen (secondary N) is 2. The van der Waals surface area contributed by atoms with Gasteiger partial charge in [-0.05, 0) is 36.8 Å². The first-order valence-corrected chi connectivity index (χ1v) is 10.5. The van der Waals surface area contributed by atoms with Gasteiger partial charge in [-0.3, -0.25) is 18.7 Å². The fourth-order valence-electron chi connectivity index (χ4n) is 3.90. The van der Waals surface area contributed by atoms with Crippen molar-refractivity contribution in [3.05, 3.63) is 102 Å². The van der Waals surface area contributed by atoms with E-state index in [2.05, 4.69) is 26.6 Å². The average Bonchev–Trinajstić information content (AvgIpc) is 2.76. The Morgan fingerprint density at radius 2 is 1.65 bits per heavy atom. The summed E-state index contributed by atoms with van der Waals surface area (Å²) in [6.07, 6.45) is 0. The summed E-state index contributed by atoms with van der Waals surface area (Å²) in [4.78, 5) is 39.1. The normalized spacial score (nSPS) is 15.3. The number of para-hydroxylation sites is 1. The van der Waals surface area contributed by atoms with Crippen molar-refractivity contribution in [2.45, 2.75) is 12.8 Å². The van der Waals surface area contributed by atoms with Crippen LogP contribution in [0, 0.1) is 0 Å². The van der Waals surface area contributed by atoms with E-state index in [9.17, 15) is 14.4 Å². The van der Waals surface area contributed by atoms with Gasteiger partial charge in [0.25, 0.3) is 11.5 Å². The van der Waals surface area contributed by atoms with Gasteiger partial charge in [-0.1, -0.05) is 46.3 Å². The minimum Gasteiger partial charge on any atom is -0.344 e. The summed E-state index contributed by atoms with van der Waals surface area (Å²) in [7, 11) is 3.05. The van der Waals surface area contributed by atoms with Crippen LogP contribution >= 0.6 is 15.9 Å². The lowest BCUT2D eigenvalue weighted by molar-refractivity contribution is -0.113. The highest BCUT2D eigenvalue weighted by molar-refractivity contribution is 9.10. The monoisotopic (exact) mass is 480 g/mol. The first-order valence-electron chi connectivity index (χ1n) is 9.69. The molecule has 1 atom stereocenters. The molecule has 1 amide bonds. The molecule has 0 saturated heterocycles. The zero-order chi connectivity index (χ0) is 22.3. The van der Waals surface area contributed by atoms with Crippen molar-refractivity contribution in [3.63, 3.8) is 0 Å². The number of carbonyl (C=O) groups is 1. The van der Waals surface area contributed by atoms with Gasteiger partial charge in [-0.25, -0.2) is 4.79 Å². The number of hydrogen-bond acceptors (Lipinski definition) is 4. The summed E-state index contributed by atoms with van der Waals surface area (Å²) >= 11 is 3.43. The first kappa shape index (κ1) is 20.9. The highest BCUT2D eigenvalue weighted by Crippen LogP contribution is 2.40. The summed E-state index contributed by atoms with van der Waals surface area (Å²) in [6.45, 7) is 1.77. The lowest BCUT2D eigenvalue weighted by atomic mass is 9.81. The molecule has 1 aliphatic rings. The second-order valence-corrected chi connectivity index (χ2v) is 8.35. The second-order valence-electron chi connectivity index (χ2n) is 7.44. The Labute approximate surface area is 187 Å². The molecule has 0 spiro atoms. The van der Waals surface area contributed by atoms with E-state index in [1.165, 1.54) is 11.6 Å². The number of aromatic nitrogens is 2. The molecule has 0 aliphatic carbocycles. The Kier molecular flexibility index (Phi) is 5.41. The van der Waals surface area contributed by atoms with Gasteiger partial charge >= 0.3 is 5.69 Å². The molecule has 0 unspecified atom stereocenters. The number of nitrogens with zero attached hydrogens (tertiary/aromatic N) is 2. The summed E-state index contributed by atoms with van der Waals surface area (Å²) in [5, 5.41) is 6.04. The predicted octanol–water partition coefficient (Wildman–Crippen LogP) is 3.32. The number of carbonyl (C=O) groups excluding carboxylic acids is 1. The van der Waals surface area contributed by atoms with Crippen LogP contribution in [0.2, 0.25) is 0 Å². The lowest BCUT2D eigenvalue weighted by Crippen LogP contribution is -2.43. The van der Waals surface area contributed by atoms with Crippen molar-refractivity contribution < 1.29 is 4.79 Å². The van der Waals surface area contributed by atoms with Crippen LogP contribution in [0.4, 0.5) is 11.5 Å². The number of anilines is 2. The molecular formula is C23H21BrN4O3. The molecule has 7 nitrogen and oxygen atoms in total. The SMILES string of the molecule is CC1=C(C(=O)Nc2ccccc2)[C@@H](c2ccc(Br)cc2)c2c(n(C)c(=O)n(C)c2=O)N1. The van der Waals surface area contributed by atoms with Crippen molar-refractivity contribution in [3.8, 4) is 0 Å². The number of hydrogen-bond donors (Lipinski definition) is 2. The zero-order valence-electron chi connectivity index (χ0n) is 17.3. The molecule has 0 saturated carbocycles. The maximum atomic E-state index is 13.4. The van der Waals surface area contributed by atoms with Gasteiger partial charge in [-0.15, -0.1) is 0 Å². The molecule has 0 radical (unpaired) electrons. The van der Waals surface area contributed by atoms with Crippen LogP contribution in [-0.2, 0) is 18.9 Å². The lowest BCUT2D eigenvalue weighted by Gasteiger charge is -2.31. The van der Waals surface area contributed by atoms with Gasteiger partial charge < -0.3 is 10.6 Å². The average molecular weight is 481 g/mol. The highest BCUT2D eigenvalue weighted by atomic mass is 79.9. The Balaban J connectivity index is 1.95. The van der Waals surface area contributed by atoms with E-state index in [0.717, 1.165) is 14.6 Å². The van der Waals surface area contributed by atoms with Gasteiger partial charge in [0.1, 0.15) is 5.82 Å². The molecular weight excluding hydrogens is 460 g/mol. The van der Waals surface area contributed by atoms with E-state index in [-0.39, 0.29) is 5.91 Å². The van der Waals surface area contributed by atoms with Crippen molar-refractivity contribution >= 4 is 33.3 Å². The maximum Gasteiger partial charge on any atom is 0.332 e. The van der Waals surface area contributed by atoms with Crippen molar-refractivity contribution in [1.82, 2.24) is 9.13 Å². The molecule has 4 rings (SSSR count). The number of fused-ring (bicyclic) bond motifs is 1. The fourth-order valence-corrected chi connectivity index (χ4v) is 4.16. The maximum absolute atomic E-state index is 13.4. The fraction of sp³-hybridized carbons (Fsp3) is 0.174. The van der Waals surface area contributed by atoms with E-state index >= 15 is 0 Å². The summed E-state index contributed by atoms with van der Waals surface area (Å²) in [6, 6.07) is 16.6. The van der Waals surface area contributed by atoms with E-state index in [4.69, 9.17) is 0 Å². The minimum absolute atomic E-state index is 0.314. The largest absolute Gasteiger partial charge is 0.344 e. The van der Waals surface area contributed by atoms with E-state index in [0.29, 0.717) is 28.3 Å². The Morgan fingerprint density at radius 1 is 1.00 bits per heavy atom. The molecule has 3 aromatic rings. The molecule has 2 N–H and O–H groups in total. The second kappa shape index (κ2) is 8.03. The van der Waals surface area contributed by atoms with Crippen LogP contribution in [0.25, 0.3) is 0 Å². The summed E-state index contributed by atoms with van der Waals surface area (Å²) in [5.74, 6) is -0.556. The summed E-state index contributed by atoms with van der Waals surface area (Å²) in [5.41, 5.74) is 1.93. The quantitative estimate of drug-likeness (QED) is 0.601. The molecule has 2 aromatic carbocycles. The number of amides is 1. The third-order valence-electron chi connectivity index (χ3n) is 5.47. The molecule has 0 bridgehead atoms. The van der Waals surface area contributed by atoms with Crippen molar-refractivity contribution in [1.29, 1.82) is 0 Å². The first-order chi connectivity index (χ1) is 14.8. The van der Waals surface area contributed by atoms with Gasteiger partial charge in [0.05, 0.1) is 11.5 Å². The molecule has 31 heavy (non-hydrogen) atoms. The molecule has 158 valence electrons. The van der Waals surface area contributed by atoms with Gasteiger partial charge in [-0.2, -0.15) is 0 Å². The van der Waals surface area contributed by atoms with Crippen LogP contribution in [-0.4, -0.2) is 15.0 Å². The molecule has 1 aliphatic heterocycles. The third-order valence-corrected chi connectivity index (χ3v) is 5.99. The van der Waals surface area contributed by atoms with Gasteiger partial charge in [0.2, 0.25) is 0 Å². The third kappa shape index (κ3) is 3.63. The molecule has 0 fully saturated rings. The summed E-state index contributed by atoms with van der Waals surface area (Å²) < 4.78 is 3.35. The number of rotatable bonds is 3. The van der Waals surface area contributed by atoms with Crippen LogP contribution in [0.15, 0.2) is 79.9 Å². The van der Waals surface area contributed by atoms with Crippen LogP contribution in [0.3, 0.4) is 0 Å². The Hall–Kier alpha value is -3.39. The van der Waals surface area contributed by atoms with Crippen molar-refractivity contribution in [2.24, 2.45) is 14.1 Å². The predicted molar refractivity (Wildman–Crippen MR) is 124 cm³/mol. The standard InChI is InChI=1S/C23H21BrN4O3/c1-13-17(21(29)26-16-7-5-4-6-8-16)18(14-9-11-15(24)12-10-14)19-20(25-13)27(2)23(31)28(3)22(19)30/h4-12,18,25H,1-3H3,(H,26,29)/t18-/m1/s1. The van der Waals surface area contributed by atoms with E-state index in [1.54, 1.807) is 26.1 Å². The van der Waals surface area contributed by atoms with Gasteiger partial charge in [0.15, 0.2) is 0 Å². The topological polar surface area (TPSA) is 85.1 Å². The smallest absolute Gasteiger partial charge is 0.332 e. The number of halogens is 1. The molecule has 2 heterocycles. The molecule has 8 heteroatoms. The number of benzene rings is 2. The Morgan fingerprint density at radius 3 is 2.29 bits per heavy atom. The minimum atomic E-state index is -0.640. The van der Waals surface area contributed by atoms with Crippen LogP contribution in [0.1, 0.15) is 24.0 Å². The van der Waals surface area contributed by atoms with Crippen LogP contribution < -0.4 is 21.9 Å². The highest BCUT2D eigenvalue weighted by Gasteiger charge is 2.36. The van der Waals surface area contributed by atoms with Gasteiger partial charge in [0, 0.05) is 35.5 Å². The molecule has 1 aromatic heterocycles. The van der Waals surface area contributed by atoms with E-state index < -0.39 is 17.2 Å². The number of allylic oxidation sites excluding steroid dienone is 1. The van der Waals surface area contributed by atoms with Crippen molar-refractivity contribution in [2.75, 3.05) is 10.6 Å². The van der Waals surface area contributed by atoms with E-state index in [1.807, 2.05) is 42.5 Å². The Bertz CT molecular complexity index is 1320.